The molecular weight excluding hydrogens is 276 g/mol. The van der Waals surface area contributed by atoms with Gasteiger partial charge in [-0.05, 0) is 37.4 Å². The summed E-state index contributed by atoms with van der Waals surface area (Å²) in [5.74, 6) is 1.99. The lowest BCUT2D eigenvalue weighted by Gasteiger charge is -2.27. The maximum absolute atomic E-state index is 6.42. The molecule has 0 aromatic heterocycles. The summed E-state index contributed by atoms with van der Waals surface area (Å²) in [5, 5.41) is 0.616. The molecule has 1 unspecified atom stereocenters. The summed E-state index contributed by atoms with van der Waals surface area (Å²) >= 11 is 6.42. The molecule has 0 saturated heterocycles. The lowest BCUT2D eigenvalue weighted by atomic mass is 10.1. The molecule has 1 saturated carbocycles. The minimum atomic E-state index is 0.430. The molecule has 5 heteroatoms. The number of nitrogens with zero attached hydrogens (tertiary/aromatic N) is 1. The second kappa shape index (κ2) is 6.66. The molecule has 0 heterocycles. The molecule has 0 spiro atoms. The lowest BCUT2D eigenvalue weighted by molar-refractivity contribution is 0.215. The van der Waals surface area contributed by atoms with Crippen molar-refractivity contribution in [2.24, 2.45) is 11.7 Å². The van der Waals surface area contributed by atoms with E-state index in [0.29, 0.717) is 29.1 Å². The Morgan fingerprint density at radius 2 is 2.05 bits per heavy atom. The molecule has 0 aliphatic heterocycles. The fourth-order valence-corrected chi connectivity index (χ4v) is 2.94. The standard InChI is InChI=1S/C15H23ClN2O2/c1-18(12(8-17)10-4-5-10)9-11-6-7-13(19-2)15(20-3)14(11)16/h6-7,10,12H,4-5,8-9,17H2,1-3H3. The molecule has 112 valence electrons. The van der Waals surface area contributed by atoms with Gasteiger partial charge in [-0.15, -0.1) is 0 Å². The Kier molecular flexibility index (Phi) is 5.13. The molecular formula is C15H23ClN2O2. The molecule has 0 amide bonds. The van der Waals surface area contributed by atoms with Gasteiger partial charge in [0, 0.05) is 19.1 Å². The first-order valence-corrected chi connectivity index (χ1v) is 7.29. The van der Waals surface area contributed by atoms with Gasteiger partial charge < -0.3 is 15.2 Å². The first-order chi connectivity index (χ1) is 9.62. The van der Waals surface area contributed by atoms with E-state index in [1.54, 1.807) is 14.2 Å². The predicted octanol–water partition coefficient (Wildman–Crippen LogP) is 2.53. The van der Waals surface area contributed by atoms with Crippen molar-refractivity contribution in [1.82, 2.24) is 4.90 Å². The fraction of sp³-hybridized carbons (Fsp3) is 0.600. The molecule has 1 aromatic rings. The topological polar surface area (TPSA) is 47.7 Å². The summed E-state index contributed by atoms with van der Waals surface area (Å²) in [6.45, 7) is 1.45. The minimum absolute atomic E-state index is 0.430. The van der Waals surface area contributed by atoms with Crippen LogP contribution in [-0.4, -0.2) is 38.8 Å². The van der Waals surface area contributed by atoms with Crippen molar-refractivity contribution in [1.29, 1.82) is 0 Å². The Morgan fingerprint density at radius 3 is 2.55 bits per heavy atom. The third-order valence-electron chi connectivity index (χ3n) is 3.96. The van der Waals surface area contributed by atoms with Crippen LogP contribution in [0.2, 0.25) is 5.02 Å². The Labute approximate surface area is 125 Å². The van der Waals surface area contributed by atoms with E-state index >= 15 is 0 Å². The zero-order chi connectivity index (χ0) is 14.7. The number of likely N-dealkylation sites (N-methyl/N-ethyl adjacent to an activating group) is 1. The van der Waals surface area contributed by atoms with Gasteiger partial charge in [0.05, 0.1) is 19.2 Å². The number of ether oxygens (including phenoxy) is 2. The molecule has 1 aliphatic carbocycles. The molecule has 20 heavy (non-hydrogen) atoms. The quantitative estimate of drug-likeness (QED) is 0.840. The van der Waals surface area contributed by atoms with Crippen LogP contribution in [0.4, 0.5) is 0 Å². The summed E-state index contributed by atoms with van der Waals surface area (Å²) < 4.78 is 10.6. The van der Waals surface area contributed by atoms with Crippen LogP contribution in [0.5, 0.6) is 11.5 Å². The van der Waals surface area contributed by atoms with Gasteiger partial charge in [0.2, 0.25) is 0 Å². The Balaban J connectivity index is 2.16. The summed E-state index contributed by atoms with van der Waals surface area (Å²) in [6.07, 6.45) is 2.57. The second-order valence-corrected chi connectivity index (χ2v) is 5.71. The largest absolute Gasteiger partial charge is 0.493 e. The smallest absolute Gasteiger partial charge is 0.179 e. The van der Waals surface area contributed by atoms with Gasteiger partial charge >= 0.3 is 0 Å². The van der Waals surface area contributed by atoms with E-state index in [2.05, 4.69) is 11.9 Å². The van der Waals surface area contributed by atoms with Gasteiger partial charge in [-0.3, -0.25) is 4.90 Å². The molecule has 1 aliphatic rings. The highest BCUT2D eigenvalue weighted by Gasteiger charge is 2.33. The summed E-state index contributed by atoms with van der Waals surface area (Å²) in [5.41, 5.74) is 6.92. The average molecular weight is 299 g/mol. The maximum Gasteiger partial charge on any atom is 0.179 e. The Morgan fingerprint density at radius 1 is 1.35 bits per heavy atom. The van der Waals surface area contributed by atoms with Crippen molar-refractivity contribution in [3.8, 4) is 11.5 Å². The van der Waals surface area contributed by atoms with Crippen molar-refractivity contribution in [3.05, 3.63) is 22.7 Å². The zero-order valence-electron chi connectivity index (χ0n) is 12.4. The number of benzene rings is 1. The van der Waals surface area contributed by atoms with E-state index in [9.17, 15) is 0 Å². The Hall–Kier alpha value is -0.970. The monoisotopic (exact) mass is 298 g/mol. The maximum atomic E-state index is 6.42. The lowest BCUT2D eigenvalue weighted by Crippen LogP contribution is -2.39. The van der Waals surface area contributed by atoms with Crippen molar-refractivity contribution in [2.45, 2.75) is 25.4 Å². The van der Waals surface area contributed by atoms with Crippen LogP contribution in [0, 0.1) is 5.92 Å². The predicted molar refractivity (Wildman–Crippen MR) is 81.6 cm³/mol. The fourth-order valence-electron chi connectivity index (χ4n) is 2.65. The Bertz CT molecular complexity index is 463. The summed E-state index contributed by atoms with van der Waals surface area (Å²) in [7, 11) is 5.31. The SMILES string of the molecule is COc1ccc(CN(C)C(CN)C2CC2)c(Cl)c1OC. The summed E-state index contributed by atoms with van der Waals surface area (Å²) in [4.78, 5) is 2.28. The van der Waals surface area contributed by atoms with E-state index < -0.39 is 0 Å². The first kappa shape index (κ1) is 15.4. The van der Waals surface area contributed by atoms with Gasteiger partial charge in [0.15, 0.2) is 11.5 Å². The van der Waals surface area contributed by atoms with Crippen LogP contribution in [-0.2, 0) is 6.54 Å². The normalized spacial score (nSPS) is 16.3. The molecule has 4 nitrogen and oxygen atoms in total. The van der Waals surface area contributed by atoms with Crippen LogP contribution in [0.15, 0.2) is 12.1 Å². The molecule has 1 atom stereocenters. The first-order valence-electron chi connectivity index (χ1n) is 6.92. The van der Waals surface area contributed by atoms with E-state index in [1.165, 1.54) is 12.8 Å². The van der Waals surface area contributed by atoms with Crippen LogP contribution in [0.3, 0.4) is 0 Å². The molecule has 2 N–H and O–H groups in total. The number of methoxy groups -OCH3 is 2. The van der Waals surface area contributed by atoms with Crippen LogP contribution >= 0.6 is 11.6 Å². The molecule has 0 bridgehead atoms. The zero-order valence-corrected chi connectivity index (χ0v) is 13.1. The molecule has 1 fully saturated rings. The minimum Gasteiger partial charge on any atom is -0.493 e. The molecule has 0 radical (unpaired) electrons. The average Bonchev–Trinajstić information content (AvgIpc) is 3.26. The highest BCUT2D eigenvalue weighted by Crippen LogP contribution is 2.39. The van der Waals surface area contributed by atoms with Crippen molar-refractivity contribution in [3.63, 3.8) is 0 Å². The third kappa shape index (κ3) is 3.19. The van der Waals surface area contributed by atoms with Crippen molar-refractivity contribution < 1.29 is 9.47 Å². The molecule has 2 rings (SSSR count). The van der Waals surface area contributed by atoms with Crippen LogP contribution in [0.25, 0.3) is 0 Å². The second-order valence-electron chi connectivity index (χ2n) is 5.33. The summed E-state index contributed by atoms with van der Waals surface area (Å²) in [6, 6.07) is 4.31. The van der Waals surface area contributed by atoms with E-state index in [-0.39, 0.29) is 0 Å². The van der Waals surface area contributed by atoms with Gasteiger partial charge in [0.1, 0.15) is 0 Å². The molecule has 1 aromatic carbocycles. The van der Waals surface area contributed by atoms with Crippen molar-refractivity contribution in [2.75, 3.05) is 27.8 Å². The highest BCUT2D eigenvalue weighted by atomic mass is 35.5. The van der Waals surface area contributed by atoms with Crippen LogP contribution in [0.1, 0.15) is 18.4 Å². The third-order valence-corrected chi connectivity index (χ3v) is 4.37. The van der Waals surface area contributed by atoms with E-state index in [4.69, 9.17) is 26.8 Å². The van der Waals surface area contributed by atoms with Crippen LogP contribution < -0.4 is 15.2 Å². The van der Waals surface area contributed by atoms with Crippen molar-refractivity contribution >= 4 is 11.6 Å². The highest BCUT2D eigenvalue weighted by molar-refractivity contribution is 6.33. The van der Waals surface area contributed by atoms with E-state index in [0.717, 1.165) is 18.0 Å². The van der Waals surface area contributed by atoms with Gasteiger partial charge in [-0.25, -0.2) is 0 Å². The number of nitrogens with two attached hydrogens (primary N) is 1. The number of rotatable bonds is 7. The van der Waals surface area contributed by atoms with Gasteiger partial charge in [-0.1, -0.05) is 17.7 Å². The van der Waals surface area contributed by atoms with Gasteiger partial charge in [0.25, 0.3) is 0 Å². The number of halogens is 1. The van der Waals surface area contributed by atoms with E-state index in [1.807, 2.05) is 12.1 Å². The number of hydrogen-bond acceptors (Lipinski definition) is 4. The van der Waals surface area contributed by atoms with Gasteiger partial charge in [-0.2, -0.15) is 0 Å². The number of hydrogen-bond donors (Lipinski definition) is 1.